The van der Waals surface area contributed by atoms with E-state index in [-0.39, 0.29) is 37.1 Å². The molecule has 1 amide bonds. The van der Waals surface area contributed by atoms with Crippen LogP contribution in [0, 0.1) is 23.7 Å². The molecule has 6 N–H and O–H groups in total. The summed E-state index contributed by atoms with van der Waals surface area (Å²) in [5.41, 5.74) is 8.94. The Labute approximate surface area is 165 Å². The fourth-order valence-corrected chi connectivity index (χ4v) is 5.15. The largest absolute Gasteiger partial charge is 0.507 e. The molecule has 1 aromatic carbocycles. The van der Waals surface area contributed by atoms with Gasteiger partial charge in [0.05, 0.1) is 11.5 Å². The standard InChI is InChI=1S/C20H20N2O7/c21-6-8-2-1-7-3-9-4-10-5-11(23)14(19(22)28)18(27)20(10,29)17(26)13(9)16(25)12(7)15(8)24/h1-2,9-10,13-14,24,29H,3-6,21H2,(H2,22,28)/t9-,10-,13?,14?,20-/m0/s1. The van der Waals surface area contributed by atoms with Crippen molar-refractivity contribution < 1.29 is 34.2 Å². The van der Waals surface area contributed by atoms with Gasteiger partial charge in [0.1, 0.15) is 5.75 Å². The highest BCUT2D eigenvalue weighted by molar-refractivity contribution is 6.31. The molecular formula is C20H20N2O7. The van der Waals surface area contributed by atoms with Gasteiger partial charge in [-0.1, -0.05) is 12.1 Å². The molecule has 4 rings (SSSR count). The van der Waals surface area contributed by atoms with Crippen LogP contribution in [0.5, 0.6) is 5.75 Å². The monoisotopic (exact) mass is 400 g/mol. The fourth-order valence-electron chi connectivity index (χ4n) is 5.15. The number of carbonyl (C=O) groups excluding carboxylic acids is 5. The molecule has 9 nitrogen and oxygen atoms in total. The quantitative estimate of drug-likeness (QED) is 0.446. The van der Waals surface area contributed by atoms with E-state index in [1.807, 2.05) is 0 Å². The van der Waals surface area contributed by atoms with Gasteiger partial charge in [-0.3, -0.25) is 24.0 Å². The third-order valence-corrected chi connectivity index (χ3v) is 6.58. The number of nitrogens with two attached hydrogens (primary N) is 2. The third kappa shape index (κ3) is 2.44. The van der Waals surface area contributed by atoms with E-state index in [9.17, 15) is 34.2 Å². The van der Waals surface area contributed by atoms with Crippen molar-refractivity contribution in [2.75, 3.05) is 0 Å². The van der Waals surface area contributed by atoms with Crippen LogP contribution in [0.1, 0.15) is 34.3 Å². The van der Waals surface area contributed by atoms with Crippen molar-refractivity contribution >= 4 is 29.0 Å². The Morgan fingerprint density at radius 1 is 1.14 bits per heavy atom. The third-order valence-electron chi connectivity index (χ3n) is 6.58. The van der Waals surface area contributed by atoms with Crippen molar-refractivity contribution in [2.24, 2.45) is 35.1 Å². The smallest absolute Gasteiger partial charge is 0.235 e. The molecule has 3 aliphatic carbocycles. The van der Waals surface area contributed by atoms with E-state index in [1.165, 1.54) is 0 Å². The lowest BCUT2D eigenvalue weighted by molar-refractivity contribution is -0.175. The number of Topliss-reactive ketones (excluding diaryl/α,β-unsaturated/α-hetero) is 4. The normalized spacial score (nSPS) is 33.7. The summed E-state index contributed by atoms with van der Waals surface area (Å²) in [5.74, 6) is -10.0. The Hall–Kier alpha value is -2.91. The first-order valence-corrected chi connectivity index (χ1v) is 9.33. The molecule has 152 valence electrons. The SMILES string of the molecule is NCc1ccc2c(c1O)C(=O)C1C(=O)[C@]3(O)C(=O)C(C(N)=O)C(=O)C[C@@H]3C[C@@H]1C2. The van der Waals surface area contributed by atoms with Gasteiger partial charge in [0.15, 0.2) is 34.7 Å². The minimum absolute atomic E-state index is 0.0126. The second kappa shape index (κ2) is 6.30. The Balaban J connectivity index is 1.80. The lowest BCUT2D eigenvalue weighted by atomic mass is 9.54. The van der Waals surface area contributed by atoms with Gasteiger partial charge in [-0.2, -0.15) is 0 Å². The van der Waals surface area contributed by atoms with Crippen LogP contribution in [-0.2, 0) is 32.1 Å². The van der Waals surface area contributed by atoms with Crippen LogP contribution in [0.4, 0.5) is 0 Å². The van der Waals surface area contributed by atoms with Gasteiger partial charge >= 0.3 is 0 Å². The number of ketones is 4. The summed E-state index contributed by atoms with van der Waals surface area (Å²) >= 11 is 0. The van der Waals surface area contributed by atoms with Crippen LogP contribution >= 0.6 is 0 Å². The average Bonchev–Trinajstić information content (AvgIpc) is 2.64. The second-order valence-electron chi connectivity index (χ2n) is 8.05. The predicted molar refractivity (Wildman–Crippen MR) is 96.4 cm³/mol. The molecule has 0 aliphatic heterocycles. The number of aromatic hydroxyl groups is 1. The molecule has 2 saturated carbocycles. The highest BCUT2D eigenvalue weighted by Gasteiger charge is 2.65. The maximum atomic E-state index is 13.2. The molecule has 0 bridgehead atoms. The lowest BCUT2D eigenvalue weighted by Crippen LogP contribution is -2.68. The molecule has 29 heavy (non-hydrogen) atoms. The van der Waals surface area contributed by atoms with E-state index in [4.69, 9.17) is 11.5 Å². The van der Waals surface area contributed by atoms with E-state index < -0.39 is 58.3 Å². The number of phenolic OH excluding ortho intramolecular Hbond substituents is 1. The number of rotatable bonds is 2. The Morgan fingerprint density at radius 2 is 1.83 bits per heavy atom. The molecule has 5 atom stereocenters. The molecule has 0 aromatic heterocycles. The number of primary amides is 1. The highest BCUT2D eigenvalue weighted by Crippen LogP contribution is 2.50. The van der Waals surface area contributed by atoms with Crippen molar-refractivity contribution in [3.05, 3.63) is 28.8 Å². The minimum atomic E-state index is -2.62. The summed E-state index contributed by atoms with van der Waals surface area (Å²) in [7, 11) is 0. The van der Waals surface area contributed by atoms with Gasteiger partial charge in [-0.15, -0.1) is 0 Å². The van der Waals surface area contributed by atoms with Crippen molar-refractivity contribution in [1.29, 1.82) is 0 Å². The van der Waals surface area contributed by atoms with E-state index in [0.29, 0.717) is 11.1 Å². The first-order chi connectivity index (χ1) is 13.6. The van der Waals surface area contributed by atoms with Gasteiger partial charge < -0.3 is 21.7 Å². The first kappa shape index (κ1) is 19.4. The van der Waals surface area contributed by atoms with Crippen LogP contribution in [0.25, 0.3) is 0 Å². The number of fused-ring (bicyclic) bond motifs is 3. The number of hydrogen-bond acceptors (Lipinski definition) is 8. The lowest BCUT2D eigenvalue weighted by Gasteiger charge is -2.48. The molecular weight excluding hydrogens is 380 g/mol. The number of hydrogen-bond donors (Lipinski definition) is 4. The van der Waals surface area contributed by atoms with E-state index >= 15 is 0 Å². The van der Waals surface area contributed by atoms with Crippen LogP contribution in [0.3, 0.4) is 0 Å². The summed E-state index contributed by atoms with van der Waals surface area (Å²) in [6, 6.07) is 3.27. The topological polar surface area (TPSA) is 178 Å². The minimum Gasteiger partial charge on any atom is -0.507 e. The zero-order chi connectivity index (χ0) is 21.2. The van der Waals surface area contributed by atoms with Gasteiger partial charge in [0.25, 0.3) is 0 Å². The van der Waals surface area contributed by atoms with Crippen molar-refractivity contribution in [1.82, 2.24) is 0 Å². The van der Waals surface area contributed by atoms with Crippen LogP contribution in [0.15, 0.2) is 12.1 Å². The number of phenols is 1. The molecule has 0 saturated heterocycles. The average molecular weight is 400 g/mol. The zero-order valence-electron chi connectivity index (χ0n) is 15.4. The summed E-state index contributed by atoms with van der Waals surface area (Å²) in [6.45, 7) is -0.0126. The summed E-state index contributed by atoms with van der Waals surface area (Å²) < 4.78 is 0. The summed E-state index contributed by atoms with van der Waals surface area (Å²) in [6.07, 6.45) is 0.00771. The zero-order valence-corrected chi connectivity index (χ0v) is 15.4. The van der Waals surface area contributed by atoms with E-state index in [0.717, 1.165) is 0 Å². The summed E-state index contributed by atoms with van der Waals surface area (Å²) in [5, 5.41) is 21.5. The number of carbonyl (C=O) groups is 5. The Bertz CT molecular complexity index is 1000. The molecule has 0 radical (unpaired) electrons. The van der Waals surface area contributed by atoms with Crippen LogP contribution < -0.4 is 11.5 Å². The van der Waals surface area contributed by atoms with Gasteiger partial charge in [-0.25, -0.2) is 0 Å². The maximum absolute atomic E-state index is 13.2. The Morgan fingerprint density at radius 3 is 2.45 bits per heavy atom. The highest BCUT2D eigenvalue weighted by atomic mass is 16.3. The number of aliphatic hydroxyl groups is 1. The van der Waals surface area contributed by atoms with Gasteiger partial charge in [0.2, 0.25) is 5.91 Å². The van der Waals surface area contributed by atoms with Crippen LogP contribution in [-0.4, -0.2) is 44.9 Å². The molecule has 9 heteroatoms. The Kier molecular flexibility index (Phi) is 4.21. The van der Waals surface area contributed by atoms with E-state index in [1.54, 1.807) is 12.1 Å². The van der Waals surface area contributed by atoms with E-state index in [2.05, 4.69) is 0 Å². The molecule has 1 aromatic rings. The molecule has 0 heterocycles. The first-order valence-electron chi connectivity index (χ1n) is 9.33. The maximum Gasteiger partial charge on any atom is 0.235 e. The molecule has 2 unspecified atom stereocenters. The molecule has 2 fully saturated rings. The molecule has 0 spiro atoms. The van der Waals surface area contributed by atoms with Gasteiger partial charge in [-0.05, 0) is 24.3 Å². The molecule has 3 aliphatic rings. The fraction of sp³-hybridized carbons (Fsp3) is 0.450. The van der Waals surface area contributed by atoms with Crippen molar-refractivity contribution in [3.8, 4) is 5.75 Å². The number of benzene rings is 1. The predicted octanol–water partition coefficient (Wildman–Crippen LogP) is -1.21. The van der Waals surface area contributed by atoms with Crippen molar-refractivity contribution in [2.45, 2.75) is 31.4 Å². The van der Waals surface area contributed by atoms with Crippen LogP contribution in [0.2, 0.25) is 0 Å². The summed E-state index contributed by atoms with van der Waals surface area (Å²) in [4.78, 5) is 62.9. The second-order valence-corrected chi connectivity index (χ2v) is 8.05. The van der Waals surface area contributed by atoms with Gasteiger partial charge in [0, 0.05) is 24.4 Å². The van der Waals surface area contributed by atoms with Crippen molar-refractivity contribution in [3.63, 3.8) is 0 Å². The number of amides is 1.